The summed E-state index contributed by atoms with van der Waals surface area (Å²) in [5.41, 5.74) is 0.381. The van der Waals surface area contributed by atoms with Gasteiger partial charge in [-0.15, -0.1) is 0 Å². The second kappa shape index (κ2) is 9.76. The lowest BCUT2D eigenvalue weighted by Crippen LogP contribution is -2.28. The largest absolute Gasteiger partial charge is 0.495 e. The topological polar surface area (TPSA) is 75.7 Å². The fourth-order valence-corrected chi connectivity index (χ4v) is 4.55. The summed E-state index contributed by atoms with van der Waals surface area (Å²) in [5.74, 6) is -0.244. The normalized spacial score (nSPS) is 11.7. The van der Waals surface area contributed by atoms with Gasteiger partial charge in [0.25, 0.3) is 15.9 Å². The van der Waals surface area contributed by atoms with Crippen molar-refractivity contribution in [2.75, 3.05) is 18.5 Å². The Bertz CT molecular complexity index is 1310. The number of sulfonamides is 1. The minimum absolute atomic E-state index is 0.0986. The standard InChI is InChI=1S/C24H23F3N2O4S/c1-16-11-12-19(34(31,32)29(2)21-9-4-5-10-22(21)33-3)14-20(16)23(30)28-15-17-7-6-8-18(13-17)24(25,26)27/h4-14H,15H2,1-3H3,(H,28,30). The molecule has 0 unspecified atom stereocenters. The van der Waals surface area contributed by atoms with E-state index in [1.54, 1.807) is 31.2 Å². The Labute approximate surface area is 196 Å². The lowest BCUT2D eigenvalue weighted by Gasteiger charge is -2.22. The van der Waals surface area contributed by atoms with Gasteiger partial charge in [0.2, 0.25) is 0 Å². The van der Waals surface area contributed by atoms with Crippen LogP contribution >= 0.6 is 0 Å². The first-order valence-electron chi connectivity index (χ1n) is 10.1. The van der Waals surface area contributed by atoms with E-state index in [1.165, 1.54) is 44.5 Å². The zero-order chi connectivity index (χ0) is 25.1. The average molecular weight is 493 g/mol. The molecule has 0 bridgehead atoms. The number of ether oxygens (including phenoxy) is 1. The SMILES string of the molecule is COc1ccccc1N(C)S(=O)(=O)c1ccc(C)c(C(=O)NCc2cccc(C(F)(F)F)c2)c1. The molecular formula is C24H23F3N2O4S. The molecule has 0 aromatic heterocycles. The predicted molar refractivity (Wildman–Crippen MR) is 122 cm³/mol. The molecule has 34 heavy (non-hydrogen) atoms. The number of hydrogen-bond acceptors (Lipinski definition) is 4. The Hall–Kier alpha value is -3.53. The summed E-state index contributed by atoms with van der Waals surface area (Å²) in [4.78, 5) is 12.7. The minimum atomic E-state index is -4.49. The molecule has 1 N–H and O–H groups in total. The van der Waals surface area contributed by atoms with Crippen molar-refractivity contribution in [3.8, 4) is 5.75 Å². The van der Waals surface area contributed by atoms with E-state index in [1.807, 2.05) is 0 Å². The maximum Gasteiger partial charge on any atom is 0.416 e. The van der Waals surface area contributed by atoms with Crippen molar-refractivity contribution >= 4 is 21.6 Å². The third-order valence-electron chi connectivity index (χ3n) is 5.24. The second-order valence-electron chi connectivity index (χ2n) is 7.50. The molecular weight excluding hydrogens is 469 g/mol. The quantitative estimate of drug-likeness (QED) is 0.515. The van der Waals surface area contributed by atoms with Gasteiger partial charge < -0.3 is 10.1 Å². The van der Waals surface area contributed by atoms with E-state index >= 15 is 0 Å². The Morgan fingerprint density at radius 1 is 1.03 bits per heavy atom. The molecule has 3 rings (SSSR count). The smallest absolute Gasteiger partial charge is 0.416 e. The van der Waals surface area contributed by atoms with E-state index in [0.717, 1.165) is 16.4 Å². The van der Waals surface area contributed by atoms with Gasteiger partial charge in [-0.1, -0.05) is 30.3 Å². The summed E-state index contributed by atoms with van der Waals surface area (Å²) in [6, 6.07) is 15.4. The van der Waals surface area contributed by atoms with Gasteiger partial charge in [0, 0.05) is 19.2 Å². The first-order chi connectivity index (χ1) is 15.9. The highest BCUT2D eigenvalue weighted by Crippen LogP contribution is 2.32. The van der Waals surface area contributed by atoms with Crippen LogP contribution in [0.25, 0.3) is 0 Å². The molecule has 0 radical (unpaired) electrons. The second-order valence-corrected chi connectivity index (χ2v) is 9.47. The van der Waals surface area contributed by atoms with Crippen LogP contribution in [0.3, 0.4) is 0 Å². The average Bonchev–Trinajstić information content (AvgIpc) is 2.81. The summed E-state index contributed by atoms with van der Waals surface area (Å²) in [6.07, 6.45) is -4.49. The molecule has 0 aliphatic carbocycles. The molecule has 10 heteroatoms. The van der Waals surface area contributed by atoms with Crippen molar-refractivity contribution in [2.45, 2.75) is 24.5 Å². The lowest BCUT2D eigenvalue weighted by atomic mass is 10.1. The van der Waals surface area contributed by atoms with Gasteiger partial charge >= 0.3 is 6.18 Å². The van der Waals surface area contributed by atoms with Crippen molar-refractivity contribution < 1.29 is 31.1 Å². The van der Waals surface area contributed by atoms with Crippen molar-refractivity contribution in [1.29, 1.82) is 0 Å². The molecule has 0 saturated carbocycles. The lowest BCUT2D eigenvalue weighted by molar-refractivity contribution is -0.137. The van der Waals surface area contributed by atoms with Crippen molar-refractivity contribution in [2.24, 2.45) is 0 Å². The molecule has 0 aliphatic heterocycles. The molecule has 3 aromatic rings. The molecule has 1 amide bonds. The van der Waals surface area contributed by atoms with Crippen LogP contribution in [0, 0.1) is 6.92 Å². The van der Waals surface area contributed by atoms with Crippen LogP contribution in [0.15, 0.2) is 71.6 Å². The molecule has 0 fully saturated rings. The number of amides is 1. The minimum Gasteiger partial charge on any atom is -0.495 e. The van der Waals surface area contributed by atoms with Crippen LogP contribution in [0.4, 0.5) is 18.9 Å². The summed E-state index contributed by atoms with van der Waals surface area (Å²) in [5, 5.41) is 2.56. The number of alkyl halides is 3. The molecule has 0 atom stereocenters. The molecule has 3 aromatic carbocycles. The van der Waals surface area contributed by atoms with Gasteiger partial charge in [-0.2, -0.15) is 13.2 Å². The fourth-order valence-electron chi connectivity index (χ4n) is 3.32. The summed E-state index contributed by atoms with van der Waals surface area (Å²) >= 11 is 0. The first kappa shape index (κ1) is 25.1. The molecule has 180 valence electrons. The van der Waals surface area contributed by atoms with Crippen LogP contribution in [0.5, 0.6) is 5.75 Å². The number of nitrogens with zero attached hydrogens (tertiary/aromatic N) is 1. The van der Waals surface area contributed by atoms with Gasteiger partial charge in [-0.3, -0.25) is 9.10 Å². The van der Waals surface area contributed by atoms with Crippen molar-refractivity contribution in [3.05, 3.63) is 89.0 Å². The molecule has 0 saturated heterocycles. The van der Waals surface area contributed by atoms with E-state index < -0.39 is 27.7 Å². The molecule has 6 nitrogen and oxygen atoms in total. The number of para-hydroxylation sites is 2. The van der Waals surface area contributed by atoms with Crippen molar-refractivity contribution in [1.82, 2.24) is 5.32 Å². The van der Waals surface area contributed by atoms with Gasteiger partial charge in [0.1, 0.15) is 5.75 Å². The highest BCUT2D eigenvalue weighted by Gasteiger charge is 2.30. The van der Waals surface area contributed by atoms with Gasteiger partial charge in [0.05, 0.1) is 23.3 Å². The van der Waals surface area contributed by atoms with E-state index in [0.29, 0.717) is 17.0 Å². The number of methoxy groups -OCH3 is 1. The number of nitrogens with one attached hydrogen (secondary N) is 1. The van der Waals surface area contributed by atoms with E-state index in [4.69, 9.17) is 4.74 Å². The highest BCUT2D eigenvalue weighted by molar-refractivity contribution is 7.92. The number of hydrogen-bond donors (Lipinski definition) is 1. The fraction of sp³-hybridized carbons (Fsp3) is 0.208. The third-order valence-corrected chi connectivity index (χ3v) is 7.01. The third kappa shape index (κ3) is 5.33. The first-order valence-corrected chi connectivity index (χ1v) is 11.6. The number of carbonyl (C=O) groups is 1. The maximum absolute atomic E-state index is 13.2. The monoisotopic (exact) mass is 492 g/mol. The number of benzene rings is 3. The van der Waals surface area contributed by atoms with Crippen LogP contribution in [0.2, 0.25) is 0 Å². The predicted octanol–water partition coefficient (Wildman–Crippen LogP) is 4.78. The molecule has 0 heterocycles. The Kier molecular flexibility index (Phi) is 7.21. The number of rotatable bonds is 7. The van der Waals surface area contributed by atoms with Gasteiger partial charge in [0.15, 0.2) is 0 Å². The number of aryl methyl sites for hydroxylation is 1. The van der Waals surface area contributed by atoms with E-state index in [2.05, 4.69) is 5.32 Å². The van der Waals surface area contributed by atoms with Crippen LogP contribution in [0.1, 0.15) is 27.0 Å². The summed E-state index contributed by atoms with van der Waals surface area (Å²) in [6.45, 7) is 1.49. The van der Waals surface area contributed by atoms with Crippen molar-refractivity contribution in [3.63, 3.8) is 0 Å². The number of carbonyl (C=O) groups excluding carboxylic acids is 1. The maximum atomic E-state index is 13.2. The van der Waals surface area contributed by atoms with E-state index in [9.17, 15) is 26.4 Å². The van der Waals surface area contributed by atoms with Crippen LogP contribution < -0.4 is 14.4 Å². The molecule has 0 spiro atoms. The zero-order valence-corrected chi connectivity index (χ0v) is 19.5. The molecule has 0 aliphatic rings. The van der Waals surface area contributed by atoms with Gasteiger partial charge in [-0.05, 0) is 54.4 Å². The Morgan fingerprint density at radius 3 is 2.41 bits per heavy atom. The zero-order valence-electron chi connectivity index (χ0n) is 18.7. The highest BCUT2D eigenvalue weighted by atomic mass is 32.2. The summed E-state index contributed by atoms with van der Waals surface area (Å²) in [7, 11) is -1.23. The van der Waals surface area contributed by atoms with E-state index in [-0.39, 0.29) is 22.6 Å². The van der Waals surface area contributed by atoms with Gasteiger partial charge in [-0.25, -0.2) is 8.42 Å². The summed E-state index contributed by atoms with van der Waals surface area (Å²) < 4.78 is 71.5. The number of halogens is 3. The van der Waals surface area contributed by atoms with Crippen LogP contribution in [-0.2, 0) is 22.7 Å². The number of anilines is 1. The Balaban J connectivity index is 1.85. The Morgan fingerprint density at radius 2 is 1.74 bits per heavy atom. The van der Waals surface area contributed by atoms with Crippen LogP contribution in [-0.4, -0.2) is 28.5 Å².